The highest BCUT2D eigenvalue weighted by molar-refractivity contribution is 5.84. The molecule has 40 heavy (non-hydrogen) atoms. The normalized spacial score (nSPS) is 29.1. The van der Waals surface area contributed by atoms with Gasteiger partial charge in [0.1, 0.15) is 11.9 Å². The number of carboxylic acid groups (broad SMARTS) is 1. The molecule has 0 aromatic rings. The molecule has 0 saturated heterocycles. The van der Waals surface area contributed by atoms with Gasteiger partial charge in [0.05, 0.1) is 6.10 Å². The summed E-state index contributed by atoms with van der Waals surface area (Å²) < 4.78 is 80.5. The minimum atomic E-state index is -4.14. The van der Waals surface area contributed by atoms with Gasteiger partial charge in [-0.1, -0.05) is 71.0 Å². The molecule has 0 heterocycles. The van der Waals surface area contributed by atoms with Crippen molar-refractivity contribution in [2.45, 2.75) is 178 Å². The lowest BCUT2D eigenvalue weighted by atomic mass is 9.84. The first kappa shape index (κ1) is 25.4. The lowest BCUT2D eigenvalue weighted by Crippen LogP contribution is -2.40. The molecule has 234 valence electrons. The Bertz CT molecular complexity index is 945. The Morgan fingerprint density at radius 3 is 2.20 bits per heavy atom. The molecular weight excluding hydrogens is 516 g/mol. The molecule has 1 unspecified atom stereocenters. The van der Waals surface area contributed by atoms with E-state index in [9.17, 15) is 28.6 Å². The summed E-state index contributed by atoms with van der Waals surface area (Å²) in [4.78, 5) is 22.8. The number of carbonyl (C=O) groups excluding carboxylic acids is 1. The molecule has 4 N–H and O–H groups in total. The van der Waals surface area contributed by atoms with E-state index in [4.69, 9.17) is 14.7 Å². The highest BCUT2D eigenvalue weighted by Crippen LogP contribution is 2.38. The summed E-state index contributed by atoms with van der Waals surface area (Å²) >= 11 is 0. The Morgan fingerprint density at radius 2 is 1.62 bits per heavy atom. The fourth-order valence-electron chi connectivity index (χ4n) is 6.49. The Morgan fingerprint density at radius 1 is 1.02 bits per heavy atom. The molecule has 3 saturated carbocycles. The van der Waals surface area contributed by atoms with Crippen molar-refractivity contribution >= 4 is 11.8 Å². The zero-order valence-electron chi connectivity index (χ0n) is 31.0. The lowest BCUT2D eigenvalue weighted by molar-refractivity contribution is -0.137. The van der Waals surface area contributed by atoms with E-state index in [0.29, 0.717) is 32.1 Å². The number of carbonyl (C=O) groups is 2. The number of unbranched alkanes of at least 4 members (excludes halogenated alkanes) is 3. The van der Waals surface area contributed by atoms with Gasteiger partial charge in [0.25, 0.3) is 5.92 Å². The molecule has 0 spiro atoms. The average Bonchev–Trinajstić information content (AvgIpc) is 3.24. The van der Waals surface area contributed by atoms with E-state index in [2.05, 4.69) is 5.32 Å². The van der Waals surface area contributed by atoms with Crippen LogP contribution in [0.1, 0.15) is 158 Å². The summed E-state index contributed by atoms with van der Waals surface area (Å²) in [6.07, 6.45) is 4.14. The van der Waals surface area contributed by atoms with Crippen molar-refractivity contribution in [2.24, 2.45) is 11.8 Å². The van der Waals surface area contributed by atoms with Crippen LogP contribution in [0, 0.1) is 11.8 Å². The molecule has 0 amide bonds. The first-order chi connectivity index (χ1) is 21.8. The third-order valence-corrected chi connectivity index (χ3v) is 8.85. The highest BCUT2D eigenvalue weighted by Gasteiger charge is 2.43. The van der Waals surface area contributed by atoms with Gasteiger partial charge in [-0.05, 0) is 63.7 Å². The summed E-state index contributed by atoms with van der Waals surface area (Å²) in [6.45, 7) is -3.49. The average molecular weight is 581 g/mol. The van der Waals surface area contributed by atoms with Crippen LogP contribution in [0.4, 0.5) is 8.78 Å². The number of hydrogen-bond acceptors (Lipinski definition) is 5. The number of aliphatic hydroxyl groups is 2. The van der Waals surface area contributed by atoms with E-state index in [1.807, 2.05) is 0 Å². The number of aliphatic carboxylic acids is 1. The highest BCUT2D eigenvalue weighted by atomic mass is 19.3. The Hall–Kier alpha value is -1.12. The van der Waals surface area contributed by atoms with Crippen molar-refractivity contribution in [3.05, 3.63) is 0 Å². The van der Waals surface area contributed by atoms with Crippen LogP contribution in [0.3, 0.4) is 0 Å². The minimum absolute atomic E-state index is 0.0433. The van der Waals surface area contributed by atoms with Crippen LogP contribution in [0.2, 0.25) is 0 Å². The molecule has 0 aliphatic heterocycles. The number of Topliss-reactive ketones (excluding diaryl/α,β-unsaturated/α-hetero) is 1. The van der Waals surface area contributed by atoms with Crippen LogP contribution >= 0.6 is 0 Å². The quantitative estimate of drug-likeness (QED) is 0.144. The standard InChI is InChI=1S/C20H34F2O5.C12H23N/c1-2-3-12-20(21,22)18(25)11-10-15-14(16(23)13-17(15)24)8-6-4-5-7-9-19(26)27;1-3-7-11(8-4-1)13-12-9-5-2-6-10-12/h14-15,17-18,24-25H,2-13H2,1H3,(H,26,27);11-13H,1-10H2/t14-,15-,17-,18?;/m1./s1/i1D3,2D2,3D2;. The molecule has 0 aromatic carbocycles. The Balaban J connectivity index is 0.000000484. The van der Waals surface area contributed by atoms with Crippen molar-refractivity contribution < 1.29 is 43.3 Å². The summed E-state index contributed by atoms with van der Waals surface area (Å²) in [6, 6.07) is 1.74. The third kappa shape index (κ3) is 13.2. The molecule has 4 atom stereocenters. The number of halogens is 2. The van der Waals surface area contributed by atoms with Gasteiger partial charge in [-0.25, -0.2) is 8.78 Å². The number of nitrogens with one attached hydrogen (secondary N) is 1. The lowest BCUT2D eigenvalue weighted by Gasteiger charge is -2.30. The van der Waals surface area contributed by atoms with Crippen LogP contribution in [-0.2, 0) is 9.59 Å². The third-order valence-electron chi connectivity index (χ3n) is 8.85. The number of aliphatic hydroxyl groups excluding tert-OH is 2. The maximum atomic E-state index is 14.5. The van der Waals surface area contributed by atoms with Crippen LogP contribution in [0.25, 0.3) is 0 Å². The predicted octanol–water partition coefficient (Wildman–Crippen LogP) is 7.19. The molecular formula is C32H57F2NO5. The fraction of sp³-hybridized carbons (Fsp3) is 0.938. The smallest absolute Gasteiger partial charge is 0.303 e. The number of carboxylic acids is 1. The maximum absolute atomic E-state index is 14.5. The Kier molecular flexibility index (Phi) is 12.1. The first-order valence-corrected chi connectivity index (χ1v) is 15.5. The number of alkyl halides is 2. The van der Waals surface area contributed by atoms with Crippen LogP contribution in [0.15, 0.2) is 0 Å². The summed E-state index contributed by atoms with van der Waals surface area (Å²) in [5.74, 6) is -6.53. The van der Waals surface area contributed by atoms with E-state index in [0.717, 1.165) is 12.1 Å². The van der Waals surface area contributed by atoms with Gasteiger partial charge in [-0.3, -0.25) is 9.59 Å². The monoisotopic (exact) mass is 580 g/mol. The van der Waals surface area contributed by atoms with Crippen molar-refractivity contribution in [1.29, 1.82) is 0 Å². The molecule has 6 nitrogen and oxygen atoms in total. The molecule has 8 heteroatoms. The van der Waals surface area contributed by atoms with E-state index in [1.54, 1.807) is 0 Å². The zero-order valence-corrected chi connectivity index (χ0v) is 24.0. The first-order valence-electron chi connectivity index (χ1n) is 19.0. The van der Waals surface area contributed by atoms with Crippen LogP contribution in [0.5, 0.6) is 0 Å². The van der Waals surface area contributed by atoms with Crippen LogP contribution < -0.4 is 5.32 Å². The van der Waals surface area contributed by atoms with E-state index < -0.39 is 68.4 Å². The summed E-state index contributed by atoms with van der Waals surface area (Å²) in [5.41, 5.74) is 0. The molecule has 3 aliphatic carbocycles. The second-order valence-electron chi connectivity index (χ2n) is 12.0. The molecule has 3 rings (SSSR count). The number of ketones is 1. The van der Waals surface area contributed by atoms with Gasteiger partial charge in [-0.15, -0.1) is 0 Å². The number of rotatable bonds is 16. The van der Waals surface area contributed by atoms with E-state index >= 15 is 0 Å². The van der Waals surface area contributed by atoms with Crippen LogP contribution in [-0.4, -0.2) is 57.3 Å². The predicted molar refractivity (Wildman–Crippen MR) is 155 cm³/mol. The second kappa shape index (κ2) is 19.1. The van der Waals surface area contributed by atoms with E-state index in [-0.39, 0.29) is 25.0 Å². The maximum Gasteiger partial charge on any atom is 0.303 e. The largest absolute Gasteiger partial charge is 0.481 e. The van der Waals surface area contributed by atoms with Crippen molar-refractivity contribution in [3.63, 3.8) is 0 Å². The summed E-state index contributed by atoms with van der Waals surface area (Å²) in [5, 5.41) is 32.7. The molecule has 3 fully saturated rings. The molecule has 0 aromatic heterocycles. The van der Waals surface area contributed by atoms with Gasteiger partial charge in [-0.2, -0.15) is 0 Å². The Labute approximate surface area is 250 Å². The summed E-state index contributed by atoms with van der Waals surface area (Å²) in [7, 11) is 0. The zero-order chi connectivity index (χ0) is 35.5. The molecule has 0 bridgehead atoms. The second-order valence-corrected chi connectivity index (χ2v) is 12.0. The van der Waals surface area contributed by atoms with Gasteiger partial charge in [0.2, 0.25) is 0 Å². The topological polar surface area (TPSA) is 107 Å². The van der Waals surface area contributed by atoms with Crippen molar-refractivity contribution in [3.8, 4) is 0 Å². The molecule has 3 aliphatic rings. The fourth-order valence-corrected chi connectivity index (χ4v) is 6.49. The van der Waals surface area contributed by atoms with Crippen molar-refractivity contribution in [1.82, 2.24) is 5.32 Å². The van der Waals surface area contributed by atoms with Crippen molar-refractivity contribution in [2.75, 3.05) is 0 Å². The van der Waals surface area contributed by atoms with Gasteiger partial charge >= 0.3 is 5.97 Å². The SMILES string of the molecule is C1CCC(NC2CCCCC2)CC1.[2H]C([2H])([2H])C([2H])([2H])C([2H])([2H])CC(F)(F)C(O)CC[C@H]1[C@H](O)CC(=O)[C@@H]1CCCCCCC(=O)O. The minimum Gasteiger partial charge on any atom is -0.481 e. The number of hydrogen-bond donors (Lipinski definition) is 4. The van der Waals surface area contributed by atoms with Gasteiger partial charge in [0.15, 0.2) is 0 Å². The van der Waals surface area contributed by atoms with E-state index in [1.165, 1.54) is 64.2 Å². The molecule has 0 radical (unpaired) electrons. The van der Waals surface area contributed by atoms with Gasteiger partial charge < -0.3 is 20.6 Å². The van der Waals surface area contributed by atoms with Gasteiger partial charge in [0, 0.05) is 46.9 Å².